The van der Waals surface area contributed by atoms with Crippen molar-refractivity contribution in [3.8, 4) is 0 Å². The van der Waals surface area contributed by atoms with Gasteiger partial charge < -0.3 is 4.74 Å². The highest BCUT2D eigenvalue weighted by molar-refractivity contribution is 5.88. The van der Waals surface area contributed by atoms with E-state index in [9.17, 15) is 4.79 Å². The molecule has 0 bridgehead atoms. The average Bonchev–Trinajstić information content (AvgIpc) is 2.83. The zero-order chi connectivity index (χ0) is 14.0. The number of esters is 1. The smallest absolute Gasteiger partial charge is 0.360 e. The summed E-state index contributed by atoms with van der Waals surface area (Å²) in [6.45, 7) is 6.42. The highest BCUT2D eigenvalue weighted by Crippen LogP contribution is 2.34. The van der Waals surface area contributed by atoms with Crippen LogP contribution in [0.25, 0.3) is 0 Å². The van der Waals surface area contributed by atoms with Gasteiger partial charge in [-0.25, -0.2) is 9.48 Å². The first-order valence-corrected chi connectivity index (χ1v) is 7.08. The fourth-order valence-electron chi connectivity index (χ4n) is 2.84. The van der Waals surface area contributed by atoms with Crippen LogP contribution in [-0.2, 0) is 4.74 Å². The lowest BCUT2D eigenvalue weighted by Gasteiger charge is -2.27. The molecule has 106 valence electrons. The molecular weight excluding hydrogens is 242 g/mol. The SMILES string of the molecule is COC(=O)c1nnn(C2CCC(C)CC2)c1C(C)C. The van der Waals surface area contributed by atoms with Crippen LogP contribution in [0.1, 0.15) is 74.6 Å². The average molecular weight is 265 g/mol. The molecule has 0 saturated heterocycles. The predicted molar refractivity (Wildman–Crippen MR) is 72.1 cm³/mol. The highest BCUT2D eigenvalue weighted by Gasteiger charge is 2.28. The van der Waals surface area contributed by atoms with Crippen molar-refractivity contribution in [2.75, 3.05) is 7.11 Å². The van der Waals surface area contributed by atoms with Crippen molar-refractivity contribution in [2.24, 2.45) is 5.92 Å². The van der Waals surface area contributed by atoms with Gasteiger partial charge in [-0.2, -0.15) is 0 Å². The second-order valence-corrected chi connectivity index (χ2v) is 5.83. The maximum absolute atomic E-state index is 11.7. The molecular formula is C14H23N3O2. The van der Waals surface area contributed by atoms with Gasteiger partial charge in [0, 0.05) is 0 Å². The van der Waals surface area contributed by atoms with Gasteiger partial charge in [0.2, 0.25) is 0 Å². The van der Waals surface area contributed by atoms with Crippen LogP contribution in [0, 0.1) is 5.92 Å². The largest absolute Gasteiger partial charge is 0.464 e. The number of carbonyl (C=O) groups excluding carboxylic acids is 1. The number of methoxy groups -OCH3 is 1. The summed E-state index contributed by atoms with van der Waals surface area (Å²) in [5.41, 5.74) is 1.28. The van der Waals surface area contributed by atoms with E-state index in [4.69, 9.17) is 4.74 Å². The fourth-order valence-corrected chi connectivity index (χ4v) is 2.84. The van der Waals surface area contributed by atoms with E-state index in [1.165, 1.54) is 20.0 Å². The van der Waals surface area contributed by atoms with Crippen molar-refractivity contribution in [3.63, 3.8) is 0 Å². The van der Waals surface area contributed by atoms with Gasteiger partial charge in [0.1, 0.15) is 0 Å². The summed E-state index contributed by atoms with van der Waals surface area (Å²) >= 11 is 0. The van der Waals surface area contributed by atoms with Gasteiger partial charge in [0.15, 0.2) is 5.69 Å². The van der Waals surface area contributed by atoms with Crippen LogP contribution in [0.3, 0.4) is 0 Å². The van der Waals surface area contributed by atoms with Crippen LogP contribution in [0.15, 0.2) is 0 Å². The number of carbonyl (C=O) groups is 1. The minimum Gasteiger partial charge on any atom is -0.464 e. The topological polar surface area (TPSA) is 57.0 Å². The van der Waals surface area contributed by atoms with E-state index in [1.54, 1.807) is 0 Å². The van der Waals surface area contributed by atoms with Crippen LogP contribution in [0.2, 0.25) is 0 Å². The van der Waals surface area contributed by atoms with E-state index in [0.29, 0.717) is 11.7 Å². The van der Waals surface area contributed by atoms with E-state index in [-0.39, 0.29) is 11.9 Å². The highest BCUT2D eigenvalue weighted by atomic mass is 16.5. The Kier molecular flexibility index (Phi) is 4.22. The van der Waals surface area contributed by atoms with Gasteiger partial charge in [-0.05, 0) is 37.5 Å². The Morgan fingerprint density at radius 3 is 2.47 bits per heavy atom. The molecule has 0 spiro atoms. The normalized spacial score (nSPS) is 23.6. The van der Waals surface area contributed by atoms with Gasteiger partial charge in [0.05, 0.1) is 18.8 Å². The summed E-state index contributed by atoms with van der Waals surface area (Å²) < 4.78 is 6.75. The van der Waals surface area contributed by atoms with E-state index in [1.807, 2.05) is 4.68 Å². The lowest BCUT2D eigenvalue weighted by Crippen LogP contribution is -2.21. The summed E-state index contributed by atoms with van der Waals surface area (Å²) in [5.74, 6) is 0.616. The maximum atomic E-state index is 11.7. The third-order valence-electron chi connectivity index (χ3n) is 3.99. The van der Waals surface area contributed by atoms with E-state index in [2.05, 4.69) is 31.1 Å². The Bertz CT molecular complexity index is 446. The lowest BCUT2D eigenvalue weighted by atomic mass is 9.87. The number of ether oxygens (including phenoxy) is 1. The molecule has 2 rings (SSSR count). The number of hydrogen-bond donors (Lipinski definition) is 0. The molecule has 0 atom stereocenters. The van der Waals surface area contributed by atoms with Crippen molar-refractivity contribution in [1.82, 2.24) is 15.0 Å². The van der Waals surface area contributed by atoms with Crippen molar-refractivity contribution in [1.29, 1.82) is 0 Å². The van der Waals surface area contributed by atoms with Crippen molar-refractivity contribution >= 4 is 5.97 Å². The van der Waals surface area contributed by atoms with Gasteiger partial charge in [-0.15, -0.1) is 5.10 Å². The first kappa shape index (κ1) is 14.0. The molecule has 5 nitrogen and oxygen atoms in total. The van der Waals surface area contributed by atoms with Crippen molar-refractivity contribution in [2.45, 2.75) is 58.4 Å². The number of aromatic nitrogens is 3. The van der Waals surface area contributed by atoms with E-state index >= 15 is 0 Å². The van der Waals surface area contributed by atoms with E-state index in [0.717, 1.165) is 24.5 Å². The third kappa shape index (κ3) is 2.80. The second-order valence-electron chi connectivity index (χ2n) is 5.83. The molecule has 1 aromatic heterocycles. The Hall–Kier alpha value is -1.39. The molecule has 1 fully saturated rings. The van der Waals surface area contributed by atoms with Gasteiger partial charge in [-0.1, -0.05) is 26.0 Å². The lowest BCUT2D eigenvalue weighted by molar-refractivity contribution is 0.0592. The summed E-state index contributed by atoms with van der Waals surface area (Å²) in [5, 5.41) is 8.26. The standard InChI is InChI=1S/C14H23N3O2/c1-9(2)13-12(14(18)19-4)15-16-17(13)11-7-5-10(3)6-8-11/h9-11H,5-8H2,1-4H3. The van der Waals surface area contributed by atoms with Gasteiger partial charge in [-0.3, -0.25) is 0 Å². The third-order valence-corrected chi connectivity index (χ3v) is 3.99. The first-order valence-electron chi connectivity index (χ1n) is 7.08. The molecule has 1 aromatic rings. The van der Waals surface area contributed by atoms with Crippen molar-refractivity contribution < 1.29 is 9.53 Å². The molecule has 0 N–H and O–H groups in total. The number of nitrogens with zero attached hydrogens (tertiary/aromatic N) is 3. The van der Waals surface area contributed by atoms with Crippen LogP contribution in [-0.4, -0.2) is 28.1 Å². The molecule has 0 radical (unpaired) electrons. The van der Waals surface area contributed by atoms with Crippen molar-refractivity contribution in [3.05, 3.63) is 11.4 Å². The molecule has 0 aliphatic heterocycles. The molecule has 5 heteroatoms. The fraction of sp³-hybridized carbons (Fsp3) is 0.786. The first-order chi connectivity index (χ1) is 9.04. The quantitative estimate of drug-likeness (QED) is 0.788. The van der Waals surface area contributed by atoms with Gasteiger partial charge in [0.25, 0.3) is 0 Å². The van der Waals surface area contributed by atoms with Gasteiger partial charge >= 0.3 is 5.97 Å². The second kappa shape index (κ2) is 5.72. The Morgan fingerprint density at radius 1 is 1.32 bits per heavy atom. The van der Waals surface area contributed by atoms with Crippen LogP contribution in [0.4, 0.5) is 0 Å². The zero-order valence-corrected chi connectivity index (χ0v) is 12.2. The molecule has 0 aromatic carbocycles. The molecule has 1 heterocycles. The minimum absolute atomic E-state index is 0.212. The molecule has 1 aliphatic carbocycles. The molecule has 0 amide bonds. The summed E-state index contributed by atoms with van der Waals surface area (Å²) in [7, 11) is 1.38. The molecule has 0 unspecified atom stereocenters. The minimum atomic E-state index is -0.390. The molecule has 1 saturated carbocycles. The maximum Gasteiger partial charge on any atom is 0.360 e. The van der Waals surface area contributed by atoms with E-state index < -0.39 is 0 Å². The van der Waals surface area contributed by atoms with Crippen LogP contribution < -0.4 is 0 Å². The summed E-state index contributed by atoms with van der Waals surface area (Å²) in [4.78, 5) is 11.7. The zero-order valence-electron chi connectivity index (χ0n) is 12.2. The molecule has 1 aliphatic rings. The Balaban J connectivity index is 2.30. The number of hydrogen-bond acceptors (Lipinski definition) is 4. The molecule has 19 heavy (non-hydrogen) atoms. The predicted octanol–water partition coefficient (Wildman–Crippen LogP) is 2.94. The summed E-state index contributed by atoms with van der Waals surface area (Å²) in [6, 6.07) is 0.375. The van der Waals surface area contributed by atoms with Crippen LogP contribution >= 0.6 is 0 Å². The summed E-state index contributed by atoms with van der Waals surface area (Å²) in [6.07, 6.45) is 4.67. The Morgan fingerprint density at radius 2 is 1.95 bits per heavy atom. The Labute approximate surface area is 114 Å². The monoisotopic (exact) mass is 265 g/mol. The van der Waals surface area contributed by atoms with Crippen LogP contribution in [0.5, 0.6) is 0 Å². The number of rotatable bonds is 3.